The highest BCUT2D eigenvalue weighted by atomic mass is 32.1. The number of nitriles is 1. The van der Waals surface area contributed by atoms with Crippen molar-refractivity contribution in [1.82, 2.24) is 0 Å². The molecule has 0 saturated heterocycles. The minimum atomic E-state index is -1.22. The molecule has 0 bridgehead atoms. The first kappa shape index (κ1) is 21.7. The maximum absolute atomic E-state index is 12.3. The third kappa shape index (κ3) is 6.01. The van der Waals surface area contributed by atoms with Crippen molar-refractivity contribution in [3.05, 3.63) is 0 Å². The number of thiol groups is 1. The minimum Gasteiger partial charge on any atom is -0.463 e. The topological polar surface area (TPSA) is 106 Å². The lowest BCUT2D eigenvalue weighted by Gasteiger charge is -2.38. The van der Waals surface area contributed by atoms with Gasteiger partial charge in [0.25, 0.3) is 0 Å². The third-order valence-electron chi connectivity index (χ3n) is 3.94. The standard InChI is InChI=1S/C15H25NO6S/c1-14(10-16,5-4-12(18)21-9-8-20-3)15(2,11-23)13(19)22-7-6-17/h17,23H,4-9,11H2,1-3H3. The van der Waals surface area contributed by atoms with Crippen LogP contribution >= 0.6 is 12.6 Å². The Labute approximate surface area is 142 Å². The first-order valence-electron chi connectivity index (χ1n) is 7.26. The number of carbonyl (C=O) groups is 2. The number of esters is 2. The first-order valence-corrected chi connectivity index (χ1v) is 7.89. The van der Waals surface area contributed by atoms with Gasteiger partial charge in [-0.05, 0) is 20.3 Å². The fraction of sp³-hybridized carbons (Fsp3) is 0.800. The fourth-order valence-corrected chi connectivity index (χ4v) is 2.36. The monoisotopic (exact) mass is 347 g/mol. The molecule has 0 heterocycles. The Balaban J connectivity index is 4.92. The summed E-state index contributed by atoms with van der Waals surface area (Å²) in [5.41, 5.74) is -2.38. The molecule has 23 heavy (non-hydrogen) atoms. The average molecular weight is 347 g/mol. The molecule has 0 saturated carbocycles. The molecule has 0 fully saturated rings. The van der Waals surface area contributed by atoms with Gasteiger partial charge < -0.3 is 19.3 Å². The van der Waals surface area contributed by atoms with E-state index in [1.807, 2.05) is 0 Å². The molecule has 0 spiro atoms. The van der Waals surface area contributed by atoms with E-state index in [9.17, 15) is 14.9 Å². The van der Waals surface area contributed by atoms with E-state index in [1.54, 1.807) is 13.8 Å². The summed E-state index contributed by atoms with van der Waals surface area (Å²) in [4.78, 5) is 23.9. The molecule has 0 aliphatic heterocycles. The normalized spacial score (nSPS) is 15.8. The average Bonchev–Trinajstić information content (AvgIpc) is 2.56. The van der Waals surface area contributed by atoms with Crippen LogP contribution in [0.15, 0.2) is 0 Å². The molecule has 0 amide bonds. The molecule has 132 valence electrons. The lowest BCUT2D eigenvalue weighted by atomic mass is 9.65. The quantitative estimate of drug-likeness (QED) is 0.326. The van der Waals surface area contributed by atoms with Crippen molar-refractivity contribution in [2.75, 3.05) is 39.3 Å². The summed E-state index contributed by atoms with van der Waals surface area (Å²) >= 11 is 4.18. The van der Waals surface area contributed by atoms with Gasteiger partial charge in [-0.3, -0.25) is 9.59 Å². The van der Waals surface area contributed by atoms with E-state index < -0.39 is 22.8 Å². The predicted octanol–water partition coefficient (Wildman–Crippen LogP) is 0.958. The highest BCUT2D eigenvalue weighted by Crippen LogP contribution is 2.44. The number of methoxy groups -OCH3 is 1. The van der Waals surface area contributed by atoms with Crippen molar-refractivity contribution in [1.29, 1.82) is 5.26 Å². The van der Waals surface area contributed by atoms with Gasteiger partial charge in [0.05, 0.1) is 30.1 Å². The number of aliphatic hydroxyl groups is 1. The van der Waals surface area contributed by atoms with Crippen LogP contribution in [0.5, 0.6) is 0 Å². The number of hydrogen-bond donors (Lipinski definition) is 2. The zero-order chi connectivity index (χ0) is 17.9. The second-order valence-electron chi connectivity index (χ2n) is 5.51. The second kappa shape index (κ2) is 10.5. The maximum atomic E-state index is 12.3. The van der Waals surface area contributed by atoms with Crippen LogP contribution in [0.4, 0.5) is 0 Å². The number of nitrogens with zero attached hydrogens (tertiary/aromatic N) is 1. The van der Waals surface area contributed by atoms with Crippen LogP contribution in [-0.2, 0) is 23.8 Å². The molecule has 7 nitrogen and oxygen atoms in total. The zero-order valence-electron chi connectivity index (χ0n) is 13.8. The SMILES string of the molecule is COCCOC(=O)CCC(C)(C#N)C(C)(CS)C(=O)OCCO. The van der Waals surface area contributed by atoms with Gasteiger partial charge in [0.15, 0.2) is 0 Å². The maximum Gasteiger partial charge on any atom is 0.314 e. The molecule has 0 aromatic carbocycles. The fourth-order valence-electron chi connectivity index (χ4n) is 1.88. The highest BCUT2D eigenvalue weighted by Gasteiger charge is 2.51. The first-order chi connectivity index (χ1) is 10.8. The molecule has 8 heteroatoms. The predicted molar refractivity (Wildman–Crippen MR) is 85.8 cm³/mol. The highest BCUT2D eigenvalue weighted by molar-refractivity contribution is 7.80. The van der Waals surface area contributed by atoms with E-state index >= 15 is 0 Å². The Morgan fingerprint density at radius 2 is 1.87 bits per heavy atom. The number of ether oxygens (including phenoxy) is 3. The van der Waals surface area contributed by atoms with Gasteiger partial charge in [0, 0.05) is 19.3 Å². The number of aliphatic hydroxyl groups excluding tert-OH is 1. The number of hydrogen-bond acceptors (Lipinski definition) is 8. The van der Waals surface area contributed by atoms with Crippen molar-refractivity contribution in [2.45, 2.75) is 26.7 Å². The molecular weight excluding hydrogens is 322 g/mol. The van der Waals surface area contributed by atoms with E-state index in [4.69, 9.17) is 19.3 Å². The van der Waals surface area contributed by atoms with E-state index in [2.05, 4.69) is 18.7 Å². The van der Waals surface area contributed by atoms with Gasteiger partial charge in [-0.15, -0.1) is 0 Å². The van der Waals surface area contributed by atoms with Gasteiger partial charge >= 0.3 is 11.9 Å². The lowest BCUT2D eigenvalue weighted by molar-refractivity contribution is -0.161. The summed E-state index contributed by atoms with van der Waals surface area (Å²) in [6.07, 6.45) is 0.116. The van der Waals surface area contributed by atoms with Crippen LogP contribution < -0.4 is 0 Å². The smallest absolute Gasteiger partial charge is 0.314 e. The van der Waals surface area contributed by atoms with E-state index in [0.717, 1.165) is 0 Å². The molecule has 0 aromatic rings. The van der Waals surface area contributed by atoms with Gasteiger partial charge in [-0.1, -0.05) is 0 Å². The Morgan fingerprint density at radius 1 is 1.22 bits per heavy atom. The Morgan fingerprint density at radius 3 is 2.35 bits per heavy atom. The third-order valence-corrected chi connectivity index (χ3v) is 4.57. The van der Waals surface area contributed by atoms with Gasteiger partial charge in [0.1, 0.15) is 13.2 Å². The molecular formula is C15H25NO6S. The van der Waals surface area contributed by atoms with E-state index in [0.29, 0.717) is 6.61 Å². The Kier molecular flexibility index (Phi) is 9.88. The summed E-state index contributed by atoms with van der Waals surface area (Å²) in [5.74, 6) is -1.02. The van der Waals surface area contributed by atoms with Crippen LogP contribution in [-0.4, -0.2) is 56.3 Å². The van der Waals surface area contributed by atoms with Crippen LogP contribution in [0.25, 0.3) is 0 Å². The molecule has 2 unspecified atom stereocenters. The van der Waals surface area contributed by atoms with Crippen molar-refractivity contribution in [2.24, 2.45) is 10.8 Å². The van der Waals surface area contributed by atoms with Gasteiger partial charge in [-0.25, -0.2) is 0 Å². The van der Waals surface area contributed by atoms with Crippen LogP contribution in [0.2, 0.25) is 0 Å². The lowest BCUT2D eigenvalue weighted by Crippen LogP contribution is -2.46. The van der Waals surface area contributed by atoms with Crippen LogP contribution in [0.3, 0.4) is 0 Å². The van der Waals surface area contributed by atoms with E-state index in [1.165, 1.54) is 7.11 Å². The molecule has 2 atom stereocenters. The number of rotatable bonds is 11. The zero-order valence-corrected chi connectivity index (χ0v) is 14.7. The Hall–Kier alpha value is -1.30. The summed E-state index contributed by atoms with van der Waals surface area (Å²) in [5, 5.41) is 18.3. The molecule has 0 rings (SSSR count). The van der Waals surface area contributed by atoms with E-state index in [-0.39, 0.29) is 38.4 Å². The van der Waals surface area contributed by atoms with Crippen LogP contribution in [0, 0.1) is 22.2 Å². The van der Waals surface area contributed by atoms with Crippen molar-refractivity contribution < 1.29 is 28.9 Å². The van der Waals surface area contributed by atoms with Gasteiger partial charge in [0.2, 0.25) is 0 Å². The molecule has 1 N–H and O–H groups in total. The molecule has 0 aromatic heterocycles. The molecule has 0 radical (unpaired) electrons. The summed E-state index contributed by atoms with van der Waals surface area (Å²) in [6.45, 7) is 3.14. The second-order valence-corrected chi connectivity index (χ2v) is 5.82. The van der Waals surface area contributed by atoms with Gasteiger partial charge in [-0.2, -0.15) is 17.9 Å². The van der Waals surface area contributed by atoms with Crippen molar-refractivity contribution >= 4 is 24.6 Å². The van der Waals surface area contributed by atoms with Crippen molar-refractivity contribution in [3.8, 4) is 6.07 Å². The molecule has 0 aliphatic carbocycles. The molecule has 0 aliphatic rings. The Bertz CT molecular complexity index is 438. The minimum absolute atomic E-state index is 0.00950. The largest absolute Gasteiger partial charge is 0.463 e. The van der Waals surface area contributed by atoms with Crippen molar-refractivity contribution in [3.63, 3.8) is 0 Å². The summed E-state index contributed by atoms with van der Waals surface area (Å²) in [6, 6.07) is 2.11. The van der Waals surface area contributed by atoms with Crippen LogP contribution in [0.1, 0.15) is 26.7 Å². The summed E-state index contributed by atoms with van der Waals surface area (Å²) < 4.78 is 14.7. The summed E-state index contributed by atoms with van der Waals surface area (Å²) in [7, 11) is 1.50. The number of carbonyl (C=O) groups excluding carboxylic acids is 2.